The molecule has 2 fully saturated rings. The smallest absolute Gasteiger partial charge is 0.187 e. The van der Waals surface area contributed by atoms with E-state index >= 15 is 0 Å². The molecule has 2 saturated heterocycles. The van der Waals surface area contributed by atoms with E-state index in [9.17, 15) is 0 Å². The highest BCUT2D eigenvalue weighted by molar-refractivity contribution is 5.13. The molecule has 0 N–H and O–H groups in total. The quantitative estimate of drug-likeness (QED) is 0.650. The summed E-state index contributed by atoms with van der Waals surface area (Å²) in [5.74, 6) is 0. The summed E-state index contributed by atoms with van der Waals surface area (Å²) in [4.78, 5) is 0. The van der Waals surface area contributed by atoms with Crippen LogP contribution in [-0.4, -0.2) is 50.5 Å². The van der Waals surface area contributed by atoms with Crippen molar-refractivity contribution in [2.24, 2.45) is 0 Å². The molecule has 0 amide bonds. The summed E-state index contributed by atoms with van der Waals surface area (Å²) in [6.07, 6.45) is 1.93. The van der Waals surface area contributed by atoms with Gasteiger partial charge in [-0.3, -0.25) is 0 Å². The van der Waals surface area contributed by atoms with Crippen molar-refractivity contribution >= 4 is 0 Å². The highest BCUT2D eigenvalue weighted by Gasteiger charge is 2.52. The maximum absolute atomic E-state index is 6.15. The Morgan fingerprint density at radius 3 is 2.38 bits per heavy atom. The summed E-state index contributed by atoms with van der Waals surface area (Å²) in [7, 11) is 0. The van der Waals surface area contributed by atoms with E-state index in [-0.39, 0.29) is 24.4 Å². The number of hydrogen-bond donors (Lipinski definition) is 0. The molecule has 0 radical (unpaired) electrons. The van der Waals surface area contributed by atoms with Crippen molar-refractivity contribution < 1.29 is 23.7 Å². The van der Waals surface area contributed by atoms with Gasteiger partial charge in [0.25, 0.3) is 0 Å². The van der Waals surface area contributed by atoms with Gasteiger partial charge in [0.15, 0.2) is 6.29 Å². The molecule has 0 aromatic heterocycles. The van der Waals surface area contributed by atoms with Crippen LogP contribution in [0.25, 0.3) is 0 Å². The minimum absolute atomic E-state index is 0.155. The molecule has 0 unspecified atom stereocenters. The molecule has 5 nitrogen and oxygen atoms in total. The average Bonchev–Trinajstić information content (AvgIpc) is 3.05. The van der Waals surface area contributed by atoms with Crippen LogP contribution in [-0.2, 0) is 30.3 Å². The third kappa shape index (κ3) is 3.94. The summed E-state index contributed by atoms with van der Waals surface area (Å²) < 4.78 is 29.6. The van der Waals surface area contributed by atoms with Crippen molar-refractivity contribution in [2.45, 2.75) is 37.3 Å². The van der Waals surface area contributed by atoms with Gasteiger partial charge in [-0.2, -0.15) is 0 Å². The molecule has 5 atom stereocenters. The van der Waals surface area contributed by atoms with Crippen molar-refractivity contribution in [1.82, 2.24) is 0 Å². The van der Waals surface area contributed by atoms with Gasteiger partial charge in [-0.1, -0.05) is 42.5 Å². The predicted molar refractivity (Wildman–Crippen MR) is 89.5 cm³/mol. The molecular weight excluding hydrogens is 308 g/mol. The van der Waals surface area contributed by atoms with Crippen molar-refractivity contribution in [3.05, 3.63) is 61.2 Å². The first-order valence-electron chi connectivity index (χ1n) is 8.21. The van der Waals surface area contributed by atoms with Crippen LogP contribution >= 0.6 is 0 Å². The van der Waals surface area contributed by atoms with Crippen LogP contribution in [0.4, 0.5) is 0 Å². The third-order valence-electron chi connectivity index (χ3n) is 4.11. The lowest BCUT2D eigenvalue weighted by molar-refractivity contribution is -0.259. The zero-order valence-corrected chi connectivity index (χ0v) is 13.7. The molecule has 2 aliphatic rings. The van der Waals surface area contributed by atoms with E-state index in [0.717, 1.165) is 5.56 Å². The molecule has 3 rings (SSSR count). The first kappa shape index (κ1) is 17.3. The van der Waals surface area contributed by atoms with Crippen LogP contribution in [0.3, 0.4) is 0 Å². The number of fused-ring (bicyclic) bond motifs is 2. The Hall–Kier alpha value is -1.50. The van der Waals surface area contributed by atoms with E-state index in [1.807, 2.05) is 30.3 Å². The van der Waals surface area contributed by atoms with Gasteiger partial charge in [-0.15, -0.1) is 13.2 Å². The fourth-order valence-corrected chi connectivity index (χ4v) is 3.03. The maximum atomic E-state index is 6.15. The number of benzene rings is 1. The van der Waals surface area contributed by atoms with Crippen LogP contribution in [0.15, 0.2) is 55.6 Å². The topological polar surface area (TPSA) is 46.2 Å². The largest absolute Gasteiger partial charge is 0.368 e. The molecule has 0 spiro atoms. The molecule has 0 aliphatic carbocycles. The second-order valence-electron chi connectivity index (χ2n) is 5.81. The van der Waals surface area contributed by atoms with Crippen molar-refractivity contribution in [1.29, 1.82) is 0 Å². The third-order valence-corrected chi connectivity index (χ3v) is 4.11. The Balaban J connectivity index is 1.72. The molecule has 130 valence electrons. The molecular formula is C19H24O5. The minimum atomic E-state index is -0.429. The Labute approximate surface area is 142 Å². The van der Waals surface area contributed by atoms with Gasteiger partial charge in [0.1, 0.15) is 24.4 Å². The molecule has 5 heteroatoms. The lowest BCUT2D eigenvalue weighted by Gasteiger charge is -2.40. The Morgan fingerprint density at radius 2 is 1.67 bits per heavy atom. The summed E-state index contributed by atoms with van der Waals surface area (Å²) in [6, 6.07) is 10.0. The van der Waals surface area contributed by atoms with E-state index < -0.39 is 6.29 Å². The second-order valence-corrected chi connectivity index (χ2v) is 5.81. The monoisotopic (exact) mass is 332 g/mol. The molecule has 1 aromatic rings. The first-order chi connectivity index (χ1) is 11.8. The number of rotatable bonds is 9. The zero-order valence-electron chi connectivity index (χ0n) is 13.7. The van der Waals surface area contributed by atoms with E-state index in [2.05, 4.69) is 13.2 Å². The average molecular weight is 332 g/mol. The first-order valence-corrected chi connectivity index (χ1v) is 8.21. The molecule has 2 bridgehead atoms. The highest BCUT2D eigenvalue weighted by atomic mass is 16.8. The van der Waals surface area contributed by atoms with Crippen LogP contribution in [0.1, 0.15) is 5.56 Å². The summed E-state index contributed by atoms with van der Waals surface area (Å²) >= 11 is 0. The van der Waals surface area contributed by atoms with Crippen molar-refractivity contribution in [2.75, 3.05) is 19.8 Å². The van der Waals surface area contributed by atoms with E-state index in [1.165, 1.54) is 0 Å². The standard InChI is InChI=1S/C19H24O5/c1-3-10-20-17-16(22-12-14-8-6-5-7-9-14)15-13-23-19(24-15)18(17)21-11-4-2/h3-9,15-19H,1-2,10-13H2/t15-,16+,17+,18-,19-/m1/s1. The maximum Gasteiger partial charge on any atom is 0.187 e. The van der Waals surface area contributed by atoms with Gasteiger partial charge in [0.2, 0.25) is 0 Å². The van der Waals surface area contributed by atoms with Crippen LogP contribution in [0, 0.1) is 0 Å². The van der Waals surface area contributed by atoms with Gasteiger partial charge < -0.3 is 23.7 Å². The molecule has 0 saturated carbocycles. The highest BCUT2D eigenvalue weighted by Crippen LogP contribution is 2.34. The molecule has 2 aliphatic heterocycles. The van der Waals surface area contributed by atoms with E-state index in [1.54, 1.807) is 12.2 Å². The van der Waals surface area contributed by atoms with Gasteiger partial charge >= 0.3 is 0 Å². The van der Waals surface area contributed by atoms with Crippen molar-refractivity contribution in [3.63, 3.8) is 0 Å². The van der Waals surface area contributed by atoms with Crippen LogP contribution in [0.2, 0.25) is 0 Å². The summed E-state index contributed by atoms with van der Waals surface area (Å²) in [6.45, 7) is 9.20. The van der Waals surface area contributed by atoms with E-state index in [0.29, 0.717) is 26.4 Å². The van der Waals surface area contributed by atoms with Gasteiger partial charge in [0.05, 0.1) is 26.4 Å². The number of hydrogen-bond acceptors (Lipinski definition) is 5. The zero-order chi connectivity index (χ0) is 16.8. The van der Waals surface area contributed by atoms with Crippen molar-refractivity contribution in [3.8, 4) is 0 Å². The van der Waals surface area contributed by atoms with Gasteiger partial charge in [-0.05, 0) is 5.56 Å². The van der Waals surface area contributed by atoms with E-state index in [4.69, 9.17) is 23.7 Å². The number of ether oxygens (including phenoxy) is 5. The predicted octanol–water partition coefficient (Wildman–Crippen LogP) is 2.47. The molecule has 2 heterocycles. The van der Waals surface area contributed by atoms with Gasteiger partial charge in [0, 0.05) is 0 Å². The summed E-state index contributed by atoms with van der Waals surface area (Å²) in [5.41, 5.74) is 1.10. The fourth-order valence-electron chi connectivity index (χ4n) is 3.03. The summed E-state index contributed by atoms with van der Waals surface area (Å²) in [5, 5.41) is 0. The normalized spacial score (nSPS) is 31.8. The van der Waals surface area contributed by atoms with Crippen LogP contribution in [0.5, 0.6) is 0 Å². The Morgan fingerprint density at radius 1 is 0.958 bits per heavy atom. The Bertz CT molecular complexity index is 532. The molecule has 1 aromatic carbocycles. The lowest BCUT2D eigenvalue weighted by atomic mass is 10.00. The minimum Gasteiger partial charge on any atom is -0.368 e. The van der Waals surface area contributed by atoms with Crippen LogP contribution < -0.4 is 0 Å². The second kappa shape index (κ2) is 8.55. The fraction of sp³-hybridized carbons (Fsp3) is 0.474. The SMILES string of the molecule is C=CCO[C@H]1[C@@H](OCc2ccccc2)[C@H]2CO[C@H](O2)[C@@H]1OCC=C. The lowest BCUT2D eigenvalue weighted by Crippen LogP contribution is -2.57. The van der Waals surface area contributed by atoms with Gasteiger partial charge in [-0.25, -0.2) is 0 Å². The Kier molecular flexibility index (Phi) is 6.18. The molecule has 24 heavy (non-hydrogen) atoms.